The van der Waals surface area contributed by atoms with Crippen molar-refractivity contribution >= 4 is 16.8 Å². The first-order chi connectivity index (χ1) is 10.3. The van der Waals surface area contributed by atoms with E-state index < -0.39 is 0 Å². The van der Waals surface area contributed by atoms with Crippen LogP contribution in [-0.2, 0) is 6.42 Å². The lowest BCUT2D eigenvalue weighted by Crippen LogP contribution is -2.05. The van der Waals surface area contributed by atoms with E-state index in [1.54, 1.807) is 6.20 Å². The Kier molecular flexibility index (Phi) is 3.73. The molecule has 104 valence electrons. The normalized spacial score (nSPS) is 10.7. The van der Waals surface area contributed by atoms with E-state index in [1.165, 1.54) is 5.56 Å². The number of carbonyl (C=O) groups is 1. The van der Waals surface area contributed by atoms with Gasteiger partial charge in [-0.25, -0.2) is 4.98 Å². The molecule has 0 bridgehead atoms. The molecule has 1 heterocycles. The molecule has 3 heteroatoms. The molecular weight excluding hydrogens is 260 g/mol. The van der Waals surface area contributed by atoms with Crippen LogP contribution in [0.4, 0.5) is 0 Å². The summed E-state index contributed by atoms with van der Waals surface area (Å²) in [6, 6.07) is 15.3. The zero-order chi connectivity index (χ0) is 14.7. The van der Waals surface area contributed by atoms with Crippen molar-refractivity contribution in [1.82, 2.24) is 9.97 Å². The number of aromatic nitrogens is 2. The number of nitrogens with zero attached hydrogens (tertiary/aromatic N) is 2. The maximum Gasteiger partial charge on any atom is 0.212 e. The van der Waals surface area contributed by atoms with Crippen LogP contribution < -0.4 is 0 Å². The van der Waals surface area contributed by atoms with E-state index in [-0.39, 0.29) is 5.78 Å². The lowest BCUT2D eigenvalue weighted by Gasteiger charge is -2.03. The van der Waals surface area contributed by atoms with Crippen molar-refractivity contribution in [3.63, 3.8) is 0 Å². The molecule has 0 radical (unpaired) electrons. The number of carbonyl (C=O) groups excluding carboxylic acids is 1. The van der Waals surface area contributed by atoms with Gasteiger partial charge >= 0.3 is 0 Å². The predicted molar refractivity (Wildman–Crippen MR) is 83.4 cm³/mol. The number of hydrogen-bond donors (Lipinski definition) is 0. The lowest BCUT2D eigenvalue weighted by molar-refractivity contribution is 0.103. The molecule has 2 aromatic carbocycles. The van der Waals surface area contributed by atoms with Gasteiger partial charge in [-0.2, -0.15) is 0 Å². The van der Waals surface area contributed by atoms with Crippen LogP contribution in [0, 0.1) is 0 Å². The highest BCUT2D eigenvalue weighted by atomic mass is 16.1. The van der Waals surface area contributed by atoms with Crippen molar-refractivity contribution in [1.29, 1.82) is 0 Å². The Morgan fingerprint density at radius 2 is 1.71 bits per heavy atom. The average molecular weight is 276 g/mol. The van der Waals surface area contributed by atoms with Crippen LogP contribution in [0.1, 0.15) is 35.0 Å². The fraction of sp³-hybridized carbons (Fsp3) is 0.167. The number of fused-ring (bicyclic) bond motifs is 1. The smallest absolute Gasteiger partial charge is 0.212 e. The SMILES string of the molecule is CCCc1ccc(C(=O)c2cnc3ccccc3n2)cc1. The Labute approximate surface area is 123 Å². The maximum absolute atomic E-state index is 12.5. The quantitative estimate of drug-likeness (QED) is 0.680. The monoisotopic (exact) mass is 276 g/mol. The van der Waals surface area contributed by atoms with E-state index in [1.807, 2.05) is 48.5 Å². The summed E-state index contributed by atoms with van der Waals surface area (Å²) in [7, 11) is 0. The van der Waals surface area contributed by atoms with Gasteiger partial charge in [0.05, 0.1) is 17.2 Å². The molecule has 0 aliphatic carbocycles. The number of aryl methyl sites for hydroxylation is 1. The molecule has 1 aromatic heterocycles. The Hall–Kier alpha value is -2.55. The van der Waals surface area contributed by atoms with Crippen molar-refractivity contribution in [3.05, 3.63) is 71.5 Å². The molecule has 0 unspecified atom stereocenters. The van der Waals surface area contributed by atoms with Crippen molar-refractivity contribution in [2.45, 2.75) is 19.8 Å². The third kappa shape index (κ3) is 2.82. The van der Waals surface area contributed by atoms with E-state index in [9.17, 15) is 4.79 Å². The van der Waals surface area contributed by atoms with Crippen LogP contribution in [0.3, 0.4) is 0 Å². The van der Waals surface area contributed by atoms with Gasteiger partial charge in [-0.05, 0) is 24.1 Å². The van der Waals surface area contributed by atoms with E-state index in [0.29, 0.717) is 11.3 Å². The van der Waals surface area contributed by atoms with Crippen LogP contribution in [0.15, 0.2) is 54.7 Å². The molecule has 0 fully saturated rings. The highest BCUT2D eigenvalue weighted by Crippen LogP contribution is 2.13. The highest BCUT2D eigenvalue weighted by molar-refractivity contribution is 6.08. The van der Waals surface area contributed by atoms with Crippen LogP contribution >= 0.6 is 0 Å². The zero-order valence-corrected chi connectivity index (χ0v) is 11.9. The molecule has 0 aliphatic rings. The van der Waals surface area contributed by atoms with E-state index in [4.69, 9.17) is 0 Å². The summed E-state index contributed by atoms with van der Waals surface area (Å²) in [4.78, 5) is 21.1. The number of para-hydroxylation sites is 2. The second kappa shape index (κ2) is 5.83. The lowest BCUT2D eigenvalue weighted by atomic mass is 10.0. The van der Waals surface area contributed by atoms with Crippen molar-refractivity contribution < 1.29 is 4.79 Å². The topological polar surface area (TPSA) is 42.9 Å². The summed E-state index contributed by atoms with van der Waals surface area (Å²) in [5, 5.41) is 0. The summed E-state index contributed by atoms with van der Waals surface area (Å²) < 4.78 is 0. The summed E-state index contributed by atoms with van der Waals surface area (Å²) >= 11 is 0. The van der Waals surface area contributed by atoms with Crippen molar-refractivity contribution in [2.75, 3.05) is 0 Å². The number of hydrogen-bond acceptors (Lipinski definition) is 3. The second-order valence-electron chi connectivity index (χ2n) is 5.02. The van der Waals surface area contributed by atoms with Gasteiger partial charge in [-0.15, -0.1) is 0 Å². The van der Waals surface area contributed by atoms with E-state index >= 15 is 0 Å². The maximum atomic E-state index is 12.5. The van der Waals surface area contributed by atoms with Crippen LogP contribution in [-0.4, -0.2) is 15.8 Å². The van der Waals surface area contributed by atoms with Gasteiger partial charge in [0, 0.05) is 5.56 Å². The van der Waals surface area contributed by atoms with Gasteiger partial charge in [0.1, 0.15) is 5.69 Å². The molecule has 0 saturated heterocycles. The van der Waals surface area contributed by atoms with Gasteiger partial charge in [0.15, 0.2) is 0 Å². The number of rotatable bonds is 4. The fourth-order valence-corrected chi connectivity index (χ4v) is 2.33. The summed E-state index contributed by atoms with van der Waals surface area (Å²) in [6.07, 6.45) is 3.68. The first-order valence-electron chi connectivity index (χ1n) is 7.13. The average Bonchev–Trinajstić information content (AvgIpc) is 2.55. The van der Waals surface area contributed by atoms with Gasteiger partial charge in [0.25, 0.3) is 0 Å². The zero-order valence-electron chi connectivity index (χ0n) is 11.9. The van der Waals surface area contributed by atoms with Crippen molar-refractivity contribution in [3.8, 4) is 0 Å². The van der Waals surface area contributed by atoms with E-state index in [0.717, 1.165) is 23.9 Å². The predicted octanol–water partition coefficient (Wildman–Crippen LogP) is 3.81. The van der Waals surface area contributed by atoms with E-state index in [2.05, 4.69) is 16.9 Å². The minimum absolute atomic E-state index is 0.0868. The van der Waals surface area contributed by atoms with Gasteiger partial charge < -0.3 is 0 Å². The molecule has 3 nitrogen and oxygen atoms in total. The summed E-state index contributed by atoms with van der Waals surface area (Å²) in [5.41, 5.74) is 3.83. The second-order valence-corrected chi connectivity index (χ2v) is 5.02. The fourth-order valence-electron chi connectivity index (χ4n) is 2.33. The molecule has 0 aliphatic heterocycles. The Morgan fingerprint density at radius 3 is 2.43 bits per heavy atom. The molecule has 21 heavy (non-hydrogen) atoms. The summed E-state index contributed by atoms with van der Waals surface area (Å²) in [5.74, 6) is -0.0868. The molecule has 0 saturated carbocycles. The summed E-state index contributed by atoms with van der Waals surface area (Å²) in [6.45, 7) is 2.14. The van der Waals surface area contributed by atoms with Gasteiger partial charge in [-0.1, -0.05) is 49.7 Å². The first-order valence-corrected chi connectivity index (χ1v) is 7.13. The van der Waals surface area contributed by atoms with Crippen LogP contribution in [0.2, 0.25) is 0 Å². The Balaban J connectivity index is 1.92. The molecule has 0 spiro atoms. The first kappa shape index (κ1) is 13.4. The standard InChI is InChI=1S/C18H16N2O/c1-2-5-13-8-10-14(11-9-13)18(21)17-12-19-15-6-3-4-7-16(15)20-17/h3-4,6-12H,2,5H2,1H3. The Bertz CT molecular complexity index is 779. The Morgan fingerprint density at radius 1 is 1.00 bits per heavy atom. The van der Waals surface area contributed by atoms with Crippen LogP contribution in [0.5, 0.6) is 0 Å². The number of benzene rings is 2. The molecule has 0 N–H and O–H groups in total. The highest BCUT2D eigenvalue weighted by Gasteiger charge is 2.11. The minimum Gasteiger partial charge on any atom is -0.287 e. The molecule has 0 atom stereocenters. The third-order valence-corrected chi connectivity index (χ3v) is 3.44. The molecule has 0 amide bonds. The number of ketones is 1. The third-order valence-electron chi connectivity index (χ3n) is 3.44. The minimum atomic E-state index is -0.0868. The molecule has 3 aromatic rings. The molecule has 3 rings (SSSR count). The van der Waals surface area contributed by atoms with Gasteiger partial charge in [0.2, 0.25) is 5.78 Å². The largest absolute Gasteiger partial charge is 0.287 e. The van der Waals surface area contributed by atoms with Crippen molar-refractivity contribution in [2.24, 2.45) is 0 Å². The molecular formula is C18H16N2O. The van der Waals surface area contributed by atoms with Crippen LogP contribution in [0.25, 0.3) is 11.0 Å². The van der Waals surface area contributed by atoms with Gasteiger partial charge in [-0.3, -0.25) is 9.78 Å².